The molecule has 1 aliphatic rings. The van der Waals surface area contributed by atoms with Crippen LogP contribution < -0.4 is 15.6 Å². The van der Waals surface area contributed by atoms with Crippen LogP contribution in [0.4, 0.5) is 16.4 Å². The summed E-state index contributed by atoms with van der Waals surface area (Å²) in [5.74, 6) is 1.36. The number of urea groups is 1. The number of halogens is 2. The number of anilines is 2. The maximum absolute atomic E-state index is 11.8. The first-order chi connectivity index (χ1) is 11.6. The summed E-state index contributed by atoms with van der Waals surface area (Å²) in [4.78, 5) is 14.0. The molecule has 0 unspecified atom stereocenters. The number of nitrogens with zero attached hydrogens (tertiary/aromatic N) is 2. The minimum absolute atomic E-state index is 0.460. The van der Waals surface area contributed by atoms with Crippen molar-refractivity contribution in [3.05, 3.63) is 45.6 Å². The molecule has 0 atom stereocenters. The van der Waals surface area contributed by atoms with Crippen molar-refractivity contribution in [2.75, 3.05) is 23.3 Å². The van der Waals surface area contributed by atoms with E-state index < -0.39 is 6.03 Å². The highest BCUT2D eigenvalue weighted by atomic mass is 79.9. The Balaban J connectivity index is 1.57. The van der Waals surface area contributed by atoms with E-state index >= 15 is 0 Å². The molecule has 0 aliphatic carbocycles. The minimum Gasteiger partial charge on any atom is -0.438 e. The summed E-state index contributed by atoms with van der Waals surface area (Å²) in [6.07, 6.45) is 3.79. The number of amides is 2. The fraction of sp³-hybridized carbons (Fsp3) is 0.250. The predicted molar refractivity (Wildman–Crippen MR) is 99.1 cm³/mol. The van der Waals surface area contributed by atoms with Gasteiger partial charge in [-0.2, -0.15) is 5.10 Å². The quantitative estimate of drug-likeness (QED) is 0.577. The van der Waals surface area contributed by atoms with Crippen molar-refractivity contribution in [2.24, 2.45) is 5.10 Å². The predicted octanol–water partition coefficient (Wildman–Crippen LogP) is 4.45. The first-order valence-electron chi connectivity index (χ1n) is 7.52. The largest absolute Gasteiger partial charge is 0.438 e. The zero-order valence-corrected chi connectivity index (χ0v) is 15.1. The maximum atomic E-state index is 11.8. The maximum Gasteiger partial charge on any atom is 0.339 e. The number of hydrazone groups is 1. The standard InChI is InChI=1S/C16H16BrClN4O2/c17-12-9-11(24-15(12)22-7-3-4-8-22)10-19-21-16(23)20-14-6-2-1-5-13(14)18/h1-2,5-6,9-10H,3-4,7-8H2,(H2,20,21,23)/b19-10+. The highest BCUT2D eigenvalue weighted by Crippen LogP contribution is 2.31. The molecule has 1 aromatic heterocycles. The molecule has 126 valence electrons. The fourth-order valence-electron chi connectivity index (χ4n) is 2.44. The van der Waals surface area contributed by atoms with Crippen molar-refractivity contribution in [2.45, 2.75) is 12.8 Å². The van der Waals surface area contributed by atoms with E-state index in [0.717, 1.165) is 23.4 Å². The Morgan fingerprint density at radius 3 is 2.83 bits per heavy atom. The van der Waals surface area contributed by atoms with E-state index in [1.54, 1.807) is 24.3 Å². The zero-order chi connectivity index (χ0) is 16.9. The molecule has 1 aliphatic heterocycles. The van der Waals surface area contributed by atoms with Crippen LogP contribution in [-0.4, -0.2) is 25.3 Å². The summed E-state index contributed by atoms with van der Waals surface area (Å²) in [6.45, 7) is 1.97. The molecule has 1 fully saturated rings. The van der Waals surface area contributed by atoms with E-state index in [4.69, 9.17) is 16.0 Å². The van der Waals surface area contributed by atoms with Gasteiger partial charge in [0.15, 0.2) is 5.76 Å². The van der Waals surface area contributed by atoms with E-state index in [0.29, 0.717) is 16.5 Å². The first kappa shape index (κ1) is 16.9. The number of furan rings is 1. The number of para-hydroxylation sites is 1. The molecule has 0 radical (unpaired) electrons. The topological polar surface area (TPSA) is 69.9 Å². The minimum atomic E-state index is -0.482. The average molecular weight is 412 g/mol. The van der Waals surface area contributed by atoms with Gasteiger partial charge in [-0.15, -0.1) is 0 Å². The van der Waals surface area contributed by atoms with Crippen LogP contribution in [-0.2, 0) is 0 Å². The second-order valence-corrected chi connectivity index (χ2v) is 6.56. The van der Waals surface area contributed by atoms with Crippen LogP contribution in [0.3, 0.4) is 0 Å². The van der Waals surface area contributed by atoms with Crippen LogP contribution in [0.25, 0.3) is 0 Å². The first-order valence-corrected chi connectivity index (χ1v) is 8.69. The third-order valence-electron chi connectivity index (χ3n) is 3.56. The molecule has 0 saturated carbocycles. The highest BCUT2D eigenvalue weighted by Gasteiger charge is 2.19. The number of benzene rings is 1. The summed E-state index contributed by atoms with van der Waals surface area (Å²) >= 11 is 9.46. The van der Waals surface area contributed by atoms with Gasteiger partial charge in [0.25, 0.3) is 0 Å². The number of carbonyl (C=O) groups excluding carboxylic acids is 1. The molecule has 2 heterocycles. The van der Waals surface area contributed by atoms with Gasteiger partial charge in [-0.3, -0.25) is 0 Å². The van der Waals surface area contributed by atoms with Crippen LogP contribution in [0.1, 0.15) is 18.6 Å². The van der Waals surface area contributed by atoms with Crippen molar-refractivity contribution in [3.8, 4) is 0 Å². The molecule has 2 aromatic rings. The number of carbonyl (C=O) groups is 1. The lowest BCUT2D eigenvalue weighted by molar-refractivity contribution is 0.252. The lowest BCUT2D eigenvalue weighted by atomic mass is 10.3. The van der Waals surface area contributed by atoms with Gasteiger partial charge in [-0.25, -0.2) is 10.2 Å². The van der Waals surface area contributed by atoms with E-state index in [9.17, 15) is 4.79 Å². The molecule has 1 saturated heterocycles. The number of hydrogen-bond acceptors (Lipinski definition) is 4. The Morgan fingerprint density at radius 2 is 2.08 bits per heavy atom. The number of nitrogens with one attached hydrogen (secondary N) is 2. The van der Waals surface area contributed by atoms with Gasteiger partial charge in [0.05, 0.1) is 21.4 Å². The van der Waals surface area contributed by atoms with Gasteiger partial charge < -0.3 is 14.6 Å². The third kappa shape index (κ3) is 4.10. The Labute approximate surface area is 153 Å². The van der Waals surface area contributed by atoms with Crippen LogP contribution in [0.15, 0.2) is 44.3 Å². The normalized spacial score (nSPS) is 14.3. The van der Waals surface area contributed by atoms with Crippen LogP contribution in [0.5, 0.6) is 0 Å². The molecule has 24 heavy (non-hydrogen) atoms. The molecule has 6 nitrogen and oxygen atoms in total. The molecule has 8 heteroatoms. The second kappa shape index (κ2) is 7.72. The van der Waals surface area contributed by atoms with Gasteiger partial charge in [-0.1, -0.05) is 23.7 Å². The highest BCUT2D eigenvalue weighted by molar-refractivity contribution is 9.10. The summed E-state index contributed by atoms with van der Waals surface area (Å²) in [5.41, 5.74) is 2.89. The van der Waals surface area contributed by atoms with Gasteiger partial charge in [-0.05, 0) is 40.9 Å². The number of hydrogen-bond donors (Lipinski definition) is 2. The molecule has 2 amide bonds. The Bertz CT molecular complexity index is 756. The number of rotatable bonds is 4. The van der Waals surface area contributed by atoms with E-state index in [-0.39, 0.29) is 0 Å². The monoisotopic (exact) mass is 410 g/mol. The van der Waals surface area contributed by atoms with Crippen LogP contribution >= 0.6 is 27.5 Å². The summed E-state index contributed by atoms with van der Waals surface area (Å²) in [5, 5.41) is 6.96. The van der Waals surface area contributed by atoms with Gasteiger partial charge in [0.2, 0.25) is 5.88 Å². The van der Waals surface area contributed by atoms with Crippen molar-refractivity contribution in [1.29, 1.82) is 0 Å². The Morgan fingerprint density at radius 1 is 1.33 bits per heavy atom. The molecule has 0 spiro atoms. The SMILES string of the molecule is O=C(N/N=C/c1cc(Br)c(N2CCCC2)o1)Nc1ccccc1Cl. The molecule has 0 bridgehead atoms. The van der Waals surface area contributed by atoms with E-state index in [2.05, 4.69) is 36.7 Å². The molecular weight excluding hydrogens is 396 g/mol. The Kier molecular flexibility index (Phi) is 5.42. The molecule has 1 aromatic carbocycles. The summed E-state index contributed by atoms with van der Waals surface area (Å²) < 4.78 is 6.64. The van der Waals surface area contributed by atoms with Crippen molar-refractivity contribution < 1.29 is 9.21 Å². The lowest BCUT2D eigenvalue weighted by Crippen LogP contribution is -2.24. The van der Waals surface area contributed by atoms with Crippen molar-refractivity contribution in [1.82, 2.24) is 5.43 Å². The third-order valence-corrected chi connectivity index (χ3v) is 4.46. The Hall–Kier alpha value is -1.99. The van der Waals surface area contributed by atoms with E-state index in [1.807, 2.05) is 6.07 Å². The van der Waals surface area contributed by atoms with Crippen LogP contribution in [0.2, 0.25) is 5.02 Å². The summed E-state index contributed by atoms with van der Waals surface area (Å²) in [6, 6.07) is 8.31. The average Bonchev–Trinajstić information content (AvgIpc) is 3.19. The molecule has 3 rings (SSSR count). The van der Waals surface area contributed by atoms with Gasteiger partial charge in [0, 0.05) is 19.2 Å². The van der Waals surface area contributed by atoms with Crippen molar-refractivity contribution in [3.63, 3.8) is 0 Å². The molecular formula is C16H16BrClN4O2. The van der Waals surface area contributed by atoms with E-state index in [1.165, 1.54) is 19.1 Å². The van der Waals surface area contributed by atoms with Crippen molar-refractivity contribution >= 4 is 51.3 Å². The molecule has 2 N–H and O–H groups in total. The lowest BCUT2D eigenvalue weighted by Gasteiger charge is -2.13. The fourth-order valence-corrected chi connectivity index (χ4v) is 3.18. The zero-order valence-electron chi connectivity index (χ0n) is 12.8. The smallest absolute Gasteiger partial charge is 0.339 e. The van der Waals surface area contributed by atoms with Crippen LogP contribution in [0, 0.1) is 0 Å². The van der Waals surface area contributed by atoms with Gasteiger partial charge in [0.1, 0.15) is 0 Å². The second-order valence-electron chi connectivity index (χ2n) is 5.30. The summed E-state index contributed by atoms with van der Waals surface area (Å²) in [7, 11) is 0. The van der Waals surface area contributed by atoms with Gasteiger partial charge >= 0.3 is 6.03 Å².